The zero-order chi connectivity index (χ0) is 21.8. The molecule has 0 saturated heterocycles. The summed E-state index contributed by atoms with van der Waals surface area (Å²) in [6.45, 7) is 1.68. The molecule has 5 rings (SSSR count). The molecule has 0 radical (unpaired) electrons. The lowest BCUT2D eigenvalue weighted by Gasteiger charge is -2.32. The number of benzene rings is 2. The van der Waals surface area contributed by atoms with Crippen LogP contribution in [0, 0.1) is 0 Å². The Balaban J connectivity index is 0.000000730. The third-order valence-corrected chi connectivity index (χ3v) is 5.18. The monoisotopic (exact) mass is 423 g/mol. The Morgan fingerprint density at radius 3 is 2.71 bits per heavy atom. The summed E-state index contributed by atoms with van der Waals surface area (Å²) in [4.78, 5) is 31.0. The Bertz CT molecular complexity index is 1100. The summed E-state index contributed by atoms with van der Waals surface area (Å²) in [6.07, 6.45) is 1.65. The molecule has 0 fully saturated rings. The Hall–Kier alpha value is -4.01. The molecular weight excluding hydrogens is 402 g/mol. The average Bonchev–Trinajstić information content (AvgIpc) is 3.27. The number of nitrogens with one attached hydrogen (secondary N) is 1. The summed E-state index contributed by atoms with van der Waals surface area (Å²) in [5.74, 6) is 1.27. The number of phenolic OH excluding ortho intramolecular Hbond substituents is 1. The van der Waals surface area contributed by atoms with E-state index in [1.54, 1.807) is 47.6 Å². The third-order valence-electron chi connectivity index (χ3n) is 5.18. The van der Waals surface area contributed by atoms with Gasteiger partial charge in [-0.1, -0.05) is 12.1 Å². The maximum atomic E-state index is 13.2. The maximum Gasteiger partial charge on any atom is 0.290 e. The number of H-pyrrole nitrogens is 1. The van der Waals surface area contributed by atoms with E-state index >= 15 is 0 Å². The van der Waals surface area contributed by atoms with E-state index in [1.165, 1.54) is 0 Å². The molecule has 0 spiro atoms. The molecule has 3 aromatic rings. The molecule has 2 aliphatic heterocycles. The van der Waals surface area contributed by atoms with Crippen molar-refractivity contribution in [3.05, 3.63) is 71.3 Å². The number of imidazole rings is 1. The number of carboxylic acid groups (broad SMARTS) is 1. The minimum absolute atomic E-state index is 0.0811. The van der Waals surface area contributed by atoms with Gasteiger partial charge in [0, 0.05) is 18.0 Å². The first-order chi connectivity index (χ1) is 15.1. The molecular formula is C22H21N3O6. The first-order valence-electron chi connectivity index (χ1n) is 9.68. The van der Waals surface area contributed by atoms with Crippen molar-refractivity contribution in [2.45, 2.75) is 12.5 Å². The van der Waals surface area contributed by atoms with Gasteiger partial charge in [-0.05, 0) is 35.9 Å². The molecule has 2 aromatic carbocycles. The number of hydrogen-bond donors (Lipinski definition) is 3. The predicted octanol–water partition coefficient (Wildman–Crippen LogP) is 2.38. The normalized spacial score (nSPS) is 16.5. The Morgan fingerprint density at radius 1 is 1.16 bits per heavy atom. The van der Waals surface area contributed by atoms with E-state index in [0.717, 1.165) is 17.0 Å². The molecule has 3 N–H and O–H groups in total. The number of hydrogen-bond acceptors (Lipinski definition) is 6. The Labute approximate surface area is 177 Å². The van der Waals surface area contributed by atoms with E-state index in [9.17, 15) is 9.90 Å². The van der Waals surface area contributed by atoms with E-state index < -0.39 is 0 Å². The van der Waals surface area contributed by atoms with Gasteiger partial charge < -0.3 is 29.6 Å². The smallest absolute Gasteiger partial charge is 0.290 e. The molecule has 0 aliphatic carbocycles. The van der Waals surface area contributed by atoms with Crippen molar-refractivity contribution in [3.63, 3.8) is 0 Å². The summed E-state index contributed by atoms with van der Waals surface area (Å²) in [5.41, 5.74) is 3.30. The lowest BCUT2D eigenvalue weighted by Crippen LogP contribution is -2.38. The van der Waals surface area contributed by atoms with Gasteiger partial charge in [-0.15, -0.1) is 0 Å². The van der Waals surface area contributed by atoms with Crippen LogP contribution in [0.1, 0.15) is 33.2 Å². The van der Waals surface area contributed by atoms with Crippen LogP contribution in [0.4, 0.5) is 0 Å². The summed E-state index contributed by atoms with van der Waals surface area (Å²) in [6, 6.07) is 12.4. The zero-order valence-electron chi connectivity index (χ0n) is 16.5. The number of ether oxygens (including phenoxy) is 2. The standard InChI is InChI=1S/C21H19N3O4.CH2O2/c25-15-3-1-2-13(8-15)16-10-24(11-17-20(16)23-12-22-17)21(26)14-4-5-18-19(9-14)28-7-6-27-18;2-1-3/h1-5,8-9,12,16,25H,6-7,10-11H2,(H,22,23);1H,(H,2,3). The number of rotatable bonds is 2. The lowest BCUT2D eigenvalue weighted by atomic mass is 9.90. The van der Waals surface area contributed by atoms with Gasteiger partial charge in [0.2, 0.25) is 0 Å². The van der Waals surface area contributed by atoms with Crippen LogP contribution in [-0.2, 0) is 11.3 Å². The van der Waals surface area contributed by atoms with Gasteiger partial charge in [-0.3, -0.25) is 9.59 Å². The summed E-state index contributed by atoms with van der Waals surface area (Å²) in [5, 5.41) is 16.8. The largest absolute Gasteiger partial charge is 0.508 e. The number of aromatic nitrogens is 2. The van der Waals surface area contributed by atoms with Crippen LogP contribution in [0.25, 0.3) is 0 Å². The molecule has 1 aromatic heterocycles. The van der Waals surface area contributed by atoms with Crippen LogP contribution >= 0.6 is 0 Å². The topological polar surface area (TPSA) is 125 Å². The molecule has 9 heteroatoms. The average molecular weight is 423 g/mol. The highest BCUT2D eigenvalue weighted by Crippen LogP contribution is 2.35. The predicted molar refractivity (Wildman–Crippen MR) is 109 cm³/mol. The second-order valence-corrected chi connectivity index (χ2v) is 7.06. The summed E-state index contributed by atoms with van der Waals surface area (Å²) in [7, 11) is 0. The highest BCUT2D eigenvalue weighted by atomic mass is 16.6. The highest BCUT2D eigenvalue weighted by Gasteiger charge is 2.32. The second-order valence-electron chi connectivity index (χ2n) is 7.06. The molecule has 9 nitrogen and oxygen atoms in total. The van der Waals surface area contributed by atoms with E-state index in [-0.39, 0.29) is 24.0 Å². The molecule has 1 unspecified atom stereocenters. The molecule has 3 heterocycles. The van der Waals surface area contributed by atoms with Crippen LogP contribution in [0.3, 0.4) is 0 Å². The number of carbonyl (C=O) groups is 2. The van der Waals surface area contributed by atoms with Crippen molar-refractivity contribution in [1.29, 1.82) is 0 Å². The lowest BCUT2D eigenvalue weighted by molar-refractivity contribution is -0.122. The quantitative estimate of drug-likeness (QED) is 0.541. The van der Waals surface area contributed by atoms with Gasteiger partial charge in [0.15, 0.2) is 11.5 Å². The van der Waals surface area contributed by atoms with E-state index in [2.05, 4.69) is 9.97 Å². The molecule has 0 saturated carbocycles. The molecule has 160 valence electrons. The van der Waals surface area contributed by atoms with E-state index in [0.29, 0.717) is 43.4 Å². The maximum absolute atomic E-state index is 13.2. The molecule has 31 heavy (non-hydrogen) atoms. The van der Waals surface area contributed by atoms with Crippen LogP contribution in [-0.4, -0.2) is 57.2 Å². The van der Waals surface area contributed by atoms with Gasteiger partial charge >= 0.3 is 0 Å². The summed E-state index contributed by atoms with van der Waals surface area (Å²) < 4.78 is 11.1. The number of fused-ring (bicyclic) bond motifs is 2. The van der Waals surface area contributed by atoms with Gasteiger partial charge in [0.25, 0.3) is 12.4 Å². The van der Waals surface area contributed by atoms with Crippen molar-refractivity contribution in [1.82, 2.24) is 14.9 Å². The fourth-order valence-electron chi connectivity index (χ4n) is 3.84. The minimum atomic E-state index is -0.250. The first-order valence-corrected chi connectivity index (χ1v) is 9.68. The van der Waals surface area contributed by atoms with E-state index in [1.807, 2.05) is 6.07 Å². The van der Waals surface area contributed by atoms with Crippen molar-refractivity contribution in [3.8, 4) is 17.2 Å². The van der Waals surface area contributed by atoms with Gasteiger partial charge in [0.1, 0.15) is 19.0 Å². The number of amides is 1. The Kier molecular flexibility index (Phi) is 5.74. The van der Waals surface area contributed by atoms with Crippen molar-refractivity contribution in [2.24, 2.45) is 0 Å². The third kappa shape index (κ3) is 4.16. The number of carbonyl (C=O) groups excluding carboxylic acids is 1. The van der Waals surface area contributed by atoms with Crippen molar-refractivity contribution < 1.29 is 29.3 Å². The molecule has 1 atom stereocenters. The number of phenols is 1. The number of aromatic amines is 1. The summed E-state index contributed by atoms with van der Waals surface area (Å²) >= 11 is 0. The van der Waals surface area contributed by atoms with Gasteiger partial charge in [0.05, 0.1) is 24.3 Å². The second kappa shape index (κ2) is 8.78. The minimum Gasteiger partial charge on any atom is -0.508 e. The van der Waals surface area contributed by atoms with Crippen molar-refractivity contribution >= 4 is 12.4 Å². The Morgan fingerprint density at radius 2 is 1.94 bits per heavy atom. The van der Waals surface area contributed by atoms with Gasteiger partial charge in [-0.25, -0.2) is 4.98 Å². The first kappa shape index (κ1) is 20.3. The highest BCUT2D eigenvalue weighted by molar-refractivity contribution is 5.95. The SMILES string of the molecule is O=C(c1ccc2c(c1)OCCO2)N1Cc2[nH]cnc2C(c2cccc(O)c2)C1.O=CO. The fourth-order valence-corrected chi connectivity index (χ4v) is 3.84. The number of aromatic hydroxyl groups is 1. The molecule has 2 aliphatic rings. The zero-order valence-corrected chi connectivity index (χ0v) is 16.5. The van der Waals surface area contributed by atoms with E-state index in [4.69, 9.17) is 19.4 Å². The van der Waals surface area contributed by atoms with Crippen LogP contribution in [0.15, 0.2) is 48.8 Å². The van der Waals surface area contributed by atoms with Gasteiger partial charge in [-0.2, -0.15) is 0 Å². The molecule has 0 bridgehead atoms. The number of nitrogens with zero attached hydrogens (tertiary/aromatic N) is 2. The van der Waals surface area contributed by atoms with Crippen LogP contribution in [0.2, 0.25) is 0 Å². The fraction of sp³-hybridized carbons (Fsp3) is 0.227. The van der Waals surface area contributed by atoms with Crippen LogP contribution in [0.5, 0.6) is 17.2 Å². The van der Waals surface area contributed by atoms with Crippen LogP contribution < -0.4 is 9.47 Å². The molecule has 1 amide bonds. The van der Waals surface area contributed by atoms with Crippen molar-refractivity contribution in [2.75, 3.05) is 19.8 Å².